The molecular weight excluding hydrogens is 590 g/mol. The maximum atomic E-state index is 12.4. The van der Waals surface area contributed by atoms with Gasteiger partial charge in [0.2, 0.25) is 0 Å². The van der Waals surface area contributed by atoms with Crippen LogP contribution in [0.4, 0.5) is 0 Å². The van der Waals surface area contributed by atoms with Gasteiger partial charge in [0, 0.05) is 30.4 Å². The van der Waals surface area contributed by atoms with Crippen LogP contribution in [0.3, 0.4) is 0 Å². The predicted molar refractivity (Wildman–Crippen MR) is 177 cm³/mol. The van der Waals surface area contributed by atoms with E-state index in [9.17, 15) is 4.79 Å². The van der Waals surface area contributed by atoms with Gasteiger partial charge in [-0.1, -0.05) is 61.2 Å². The second-order valence-corrected chi connectivity index (χ2v) is 12.1. The zero-order valence-corrected chi connectivity index (χ0v) is 25.7. The molecule has 2 aliphatic rings. The first-order chi connectivity index (χ1) is 19.9. The van der Waals surface area contributed by atoms with Gasteiger partial charge in [-0.05, 0) is 105 Å². The number of thiophene rings is 1. The lowest BCUT2D eigenvalue weighted by Gasteiger charge is -2.17. The molecule has 3 heterocycles. The molecule has 208 valence electrons. The Morgan fingerprint density at radius 2 is 1.95 bits per heavy atom. The molecule has 1 atom stereocenters. The summed E-state index contributed by atoms with van der Waals surface area (Å²) in [4.78, 5) is 22.3. The molecule has 0 spiro atoms. The Bertz CT molecular complexity index is 1560. The highest BCUT2D eigenvalue weighted by Crippen LogP contribution is 2.29. The number of aliphatic imine (C=N–C) groups is 2. The van der Waals surface area contributed by atoms with Gasteiger partial charge in [0.1, 0.15) is 0 Å². The zero-order chi connectivity index (χ0) is 28.6. The SMILES string of the molecule is C=C(CCc1ccc(CN/C2=C/C(c3ccccc3C)=NC3=C(Br)C=NC(CC2)C3)cc1)C(=O)/C=C/c1ccsc1. The molecule has 41 heavy (non-hydrogen) atoms. The summed E-state index contributed by atoms with van der Waals surface area (Å²) in [7, 11) is 0. The maximum Gasteiger partial charge on any atom is 0.181 e. The van der Waals surface area contributed by atoms with Crippen LogP contribution in [0, 0.1) is 6.92 Å². The Balaban J connectivity index is 1.22. The summed E-state index contributed by atoms with van der Waals surface area (Å²) in [6.07, 6.45) is 11.8. The Labute approximate surface area is 255 Å². The summed E-state index contributed by atoms with van der Waals surface area (Å²) in [5, 5.41) is 7.71. The number of ketones is 1. The van der Waals surface area contributed by atoms with E-state index < -0.39 is 0 Å². The van der Waals surface area contributed by atoms with E-state index in [2.05, 4.69) is 89.4 Å². The average molecular weight is 625 g/mol. The number of benzene rings is 2. The summed E-state index contributed by atoms with van der Waals surface area (Å²) in [6, 6.07) is 19.3. The fourth-order valence-electron chi connectivity index (χ4n) is 4.89. The van der Waals surface area contributed by atoms with Gasteiger partial charge in [0.15, 0.2) is 5.78 Å². The molecule has 0 amide bonds. The number of allylic oxidation sites excluding steroid dienone is 5. The first-order valence-electron chi connectivity index (χ1n) is 14.0. The van der Waals surface area contributed by atoms with Gasteiger partial charge in [-0.25, -0.2) is 0 Å². The van der Waals surface area contributed by atoms with Crippen molar-refractivity contribution in [1.29, 1.82) is 0 Å². The van der Waals surface area contributed by atoms with Crippen molar-refractivity contribution in [3.05, 3.63) is 133 Å². The number of carbonyl (C=O) groups excluding carboxylic acids is 1. The van der Waals surface area contributed by atoms with Crippen LogP contribution in [0.5, 0.6) is 0 Å². The van der Waals surface area contributed by atoms with Crippen LogP contribution in [-0.2, 0) is 17.8 Å². The monoisotopic (exact) mass is 623 g/mol. The molecule has 2 aliphatic heterocycles. The molecule has 0 fully saturated rings. The number of aryl methyl sites for hydroxylation is 2. The molecule has 0 aliphatic carbocycles. The fourth-order valence-corrected chi connectivity index (χ4v) is 5.88. The van der Waals surface area contributed by atoms with E-state index >= 15 is 0 Å². The summed E-state index contributed by atoms with van der Waals surface area (Å²) >= 11 is 5.29. The van der Waals surface area contributed by atoms with Crippen molar-refractivity contribution in [2.75, 3.05) is 0 Å². The van der Waals surface area contributed by atoms with Gasteiger partial charge in [-0.2, -0.15) is 11.3 Å². The second-order valence-electron chi connectivity index (χ2n) is 10.5. The number of nitrogens with zero attached hydrogens (tertiary/aromatic N) is 2. The Hall–Kier alpha value is -3.61. The number of fused-ring (bicyclic) bond motifs is 2. The number of hydrogen-bond donors (Lipinski definition) is 1. The second kappa shape index (κ2) is 13.8. The molecule has 1 N–H and O–H groups in total. The van der Waals surface area contributed by atoms with E-state index in [1.54, 1.807) is 17.4 Å². The Morgan fingerprint density at radius 1 is 1.15 bits per heavy atom. The molecule has 6 heteroatoms. The van der Waals surface area contributed by atoms with E-state index in [1.165, 1.54) is 22.4 Å². The largest absolute Gasteiger partial charge is 0.384 e. The number of rotatable bonds is 10. The lowest BCUT2D eigenvalue weighted by atomic mass is 10.0. The quantitative estimate of drug-likeness (QED) is 0.230. The van der Waals surface area contributed by atoms with Crippen molar-refractivity contribution in [2.24, 2.45) is 9.98 Å². The molecule has 4 nitrogen and oxygen atoms in total. The molecule has 3 aromatic rings. The third-order valence-corrected chi connectivity index (χ3v) is 8.78. The van der Waals surface area contributed by atoms with E-state index in [-0.39, 0.29) is 11.8 Å². The first kappa shape index (κ1) is 28.9. The van der Waals surface area contributed by atoms with Crippen molar-refractivity contribution in [3.63, 3.8) is 0 Å². The van der Waals surface area contributed by atoms with Crippen LogP contribution < -0.4 is 5.32 Å². The van der Waals surface area contributed by atoms with Crippen LogP contribution in [-0.4, -0.2) is 23.8 Å². The lowest BCUT2D eigenvalue weighted by Crippen LogP contribution is -2.16. The minimum Gasteiger partial charge on any atom is -0.384 e. The highest BCUT2D eigenvalue weighted by molar-refractivity contribution is 9.12. The number of nitrogens with one attached hydrogen (secondary N) is 1. The summed E-state index contributed by atoms with van der Waals surface area (Å²) in [6.45, 7) is 6.87. The molecule has 0 radical (unpaired) electrons. The predicted octanol–water partition coefficient (Wildman–Crippen LogP) is 8.53. The van der Waals surface area contributed by atoms with Crippen LogP contribution in [0.2, 0.25) is 0 Å². The van der Waals surface area contributed by atoms with E-state index in [4.69, 9.17) is 9.98 Å². The van der Waals surface area contributed by atoms with Crippen molar-refractivity contribution < 1.29 is 4.79 Å². The molecule has 5 rings (SSSR count). The summed E-state index contributed by atoms with van der Waals surface area (Å²) < 4.78 is 0.965. The minimum absolute atomic E-state index is 0.00726. The van der Waals surface area contributed by atoms with Gasteiger partial charge in [0.05, 0.1) is 21.9 Å². The fraction of sp³-hybridized carbons (Fsp3) is 0.229. The number of carbonyl (C=O) groups is 1. The smallest absolute Gasteiger partial charge is 0.181 e. The van der Waals surface area contributed by atoms with Gasteiger partial charge < -0.3 is 5.32 Å². The van der Waals surface area contributed by atoms with Crippen LogP contribution >= 0.6 is 27.3 Å². The summed E-state index contributed by atoms with van der Waals surface area (Å²) in [5.41, 5.74) is 9.64. The lowest BCUT2D eigenvalue weighted by molar-refractivity contribution is -0.111. The molecule has 1 unspecified atom stereocenters. The van der Waals surface area contributed by atoms with Crippen LogP contribution in [0.15, 0.2) is 116 Å². The maximum absolute atomic E-state index is 12.4. The van der Waals surface area contributed by atoms with Crippen molar-refractivity contribution in [3.8, 4) is 0 Å². The molecular formula is C35H34BrN3OS. The van der Waals surface area contributed by atoms with E-state index in [0.29, 0.717) is 12.0 Å². The summed E-state index contributed by atoms with van der Waals surface area (Å²) in [5.74, 6) is -0.00726. The standard InChI is InChI=1S/C35H34BrN3OS/c1-24-5-3-4-6-31(24)33-19-29(14-15-30-20-34(39-33)32(36)22-38-30)37-21-27-11-9-26(10-12-27)8-7-25(2)35(40)16-13-28-17-18-41-23-28/h3-6,9-13,16-19,22-23,30,37H,2,7-8,14-15,20-21H2,1H3/b16-13+,29-19+,39-33?. The van der Waals surface area contributed by atoms with Gasteiger partial charge in [-0.3, -0.25) is 14.8 Å². The normalized spacial score (nSPS) is 18.2. The Morgan fingerprint density at radius 3 is 2.73 bits per heavy atom. The van der Waals surface area contributed by atoms with E-state index in [1.807, 2.05) is 29.1 Å². The van der Waals surface area contributed by atoms with Gasteiger partial charge in [-0.15, -0.1) is 0 Å². The van der Waals surface area contributed by atoms with Gasteiger partial charge in [0.25, 0.3) is 0 Å². The number of hydrogen-bond acceptors (Lipinski definition) is 5. The van der Waals surface area contributed by atoms with E-state index in [0.717, 1.165) is 59.2 Å². The zero-order valence-electron chi connectivity index (χ0n) is 23.3. The number of halogens is 1. The molecule has 2 aromatic carbocycles. The molecule has 0 saturated carbocycles. The average Bonchev–Trinajstić information content (AvgIpc) is 3.53. The Kier molecular flexibility index (Phi) is 9.75. The highest BCUT2D eigenvalue weighted by atomic mass is 79.9. The van der Waals surface area contributed by atoms with Gasteiger partial charge >= 0.3 is 0 Å². The minimum atomic E-state index is -0.00726. The molecule has 0 saturated heterocycles. The van der Waals surface area contributed by atoms with Crippen molar-refractivity contribution in [2.45, 2.75) is 51.6 Å². The van der Waals surface area contributed by atoms with Crippen LogP contribution in [0.25, 0.3) is 6.08 Å². The third kappa shape index (κ3) is 7.99. The first-order valence-corrected chi connectivity index (χ1v) is 15.7. The van der Waals surface area contributed by atoms with Crippen molar-refractivity contribution in [1.82, 2.24) is 5.32 Å². The topological polar surface area (TPSA) is 53.8 Å². The molecule has 2 bridgehead atoms. The third-order valence-electron chi connectivity index (χ3n) is 7.41. The molecule has 1 aromatic heterocycles. The van der Waals surface area contributed by atoms with Crippen molar-refractivity contribution >= 4 is 51.1 Å². The highest BCUT2D eigenvalue weighted by Gasteiger charge is 2.20. The van der Waals surface area contributed by atoms with Crippen LogP contribution in [0.1, 0.15) is 53.5 Å². The number of dihydropyridines is 1.